The van der Waals surface area contributed by atoms with Gasteiger partial charge < -0.3 is 15.4 Å². The lowest BCUT2D eigenvalue weighted by atomic mass is 10.3. The average Bonchev–Trinajstić information content (AvgIpc) is 2.30. The molecule has 16 heavy (non-hydrogen) atoms. The van der Waals surface area contributed by atoms with E-state index in [9.17, 15) is 9.59 Å². The second-order valence-electron chi connectivity index (χ2n) is 3.01. The van der Waals surface area contributed by atoms with Crippen LogP contribution in [0, 0.1) is 0 Å². The number of nitrogens with one attached hydrogen (secondary N) is 2. The Balaban J connectivity index is 2.73. The maximum absolute atomic E-state index is 11.4. The quantitative estimate of drug-likeness (QED) is 0.742. The zero-order chi connectivity index (χ0) is 12.0. The number of anilines is 1. The molecule has 1 rings (SSSR count). The van der Waals surface area contributed by atoms with Crippen LogP contribution in [0.15, 0.2) is 24.3 Å². The molecule has 0 aliphatic rings. The number of methoxy groups -OCH3 is 1. The van der Waals surface area contributed by atoms with Gasteiger partial charge in [-0.15, -0.1) is 0 Å². The number of ether oxygens (including phenoxy) is 1. The third-order valence-corrected chi connectivity index (χ3v) is 1.90. The highest BCUT2D eigenvalue weighted by Crippen LogP contribution is 2.22. The molecule has 5 nitrogen and oxygen atoms in total. The molecule has 86 valence electrons. The molecule has 0 heterocycles. The maximum Gasteiger partial charge on any atom is 0.313 e. The van der Waals surface area contributed by atoms with Crippen molar-refractivity contribution < 1.29 is 14.3 Å². The van der Waals surface area contributed by atoms with E-state index >= 15 is 0 Å². The first-order valence-corrected chi connectivity index (χ1v) is 4.91. The van der Waals surface area contributed by atoms with E-state index in [0.29, 0.717) is 18.0 Å². The van der Waals surface area contributed by atoms with Crippen LogP contribution in [-0.4, -0.2) is 25.5 Å². The second kappa shape index (κ2) is 5.75. The first-order valence-electron chi connectivity index (χ1n) is 4.91. The molecule has 0 aliphatic carbocycles. The summed E-state index contributed by atoms with van der Waals surface area (Å²) >= 11 is 0. The standard InChI is InChI=1S/C11H14N2O3/c1-3-12-10(14)11(15)13-8-6-4-5-7-9(8)16-2/h4-7H,3H2,1-2H3,(H,12,14)(H,13,15). The van der Waals surface area contributed by atoms with Crippen molar-refractivity contribution in [2.45, 2.75) is 6.92 Å². The Morgan fingerprint density at radius 3 is 2.56 bits per heavy atom. The Kier molecular flexibility index (Phi) is 4.32. The smallest absolute Gasteiger partial charge is 0.313 e. The summed E-state index contributed by atoms with van der Waals surface area (Å²) in [6, 6.07) is 6.89. The highest BCUT2D eigenvalue weighted by molar-refractivity contribution is 6.39. The second-order valence-corrected chi connectivity index (χ2v) is 3.01. The normalized spacial score (nSPS) is 9.38. The first-order chi connectivity index (χ1) is 7.69. The molecule has 1 aromatic rings. The third-order valence-electron chi connectivity index (χ3n) is 1.90. The van der Waals surface area contributed by atoms with Crippen molar-refractivity contribution in [3.63, 3.8) is 0 Å². The van der Waals surface area contributed by atoms with Gasteiger partial charge in [0.2, 0.25) is 0 Å². The summed E-state index contributed by atoms with van der Waals surface area (Å²) in [6.07, 6.45) is 0. The van der Waals surface area contributed by atoms with E-state index in [4.69, 9.17) is 4.74 Å². The number of likely N-dealkylation sites (N-methyl/N-ethyl adjacent to an activating group) is 1. The fourth-order valence-electron chi connectivity index (χ4n) is 1.17. The summed E-state index contributed by atoms with van der Waals surface area (Å²) in [5, 5.41) is 4.88. The zero-order valence-corrected chi connectivity index (χ0v) is 9.24. The van der Waals surface area contributed by atoms with Crippen LogP contribution < -0.4 is 15.4 Å². The van der Waals surface area contributed by atoms with Crippen molar-refractivity contribution in [1.29, 1.82) is 0 Å². The SMILES string of the molecule is CCNC(=O)C(=O)Nc1ccccc1OC. The molecule has 0 saturated carbocycles. The Bertz CT molecular complexity index is 391. The minimum Gasteiger partial charge on any atom is -0.495 e. The number of hydrogen-bond donors (Lipinski definition) is 2. The van der Waals surface area contributed by atoms with Gasteiger partial charge in [0.05, 0.1) is 12.8 Å². The molecule has 0 aromatic heterocycles. The molecule has 0 unspecified atom stereocenters. The molecule has 1 aromatic carbocycles. The van der Waals surface area contributed by atoms with E-state index in [1.54, 1.807) is 31.2 Å². The predicted octanol–water partition coefficient (Wildman–Crippen LogP) is 0.770. The van der Waals surface area contributed by atoms with E-state index in [-0.39, 0.29) is 0 Å². The van der Waals surface area contributed by atoms with Gasteiger partial charge in [0, 0.05) is 6.54 Å². The molecule has 5 heteroatoms. The number of benzene rings is 1. The molecule has 0 saturated heterocycles. The molecule has 0 radical (unpaired) electrons. The maximum atomic E-state index is 11.4. The molecule has 0 spiro atoms. The van der Waals surface area contributed by atoms with E-state index in [1.165, 1.54) is 7.11 Å². The molecule has 0 atom stereocenters. The lowest BCUT2D eigenvalue weighted by Crippen LogP contribution is -2.35. The van der Waals surface area contributed by atoms with Crippen LogP contribution in [0.4, 0.5) is 5.69 Å². The number of carbonyl (C=O) groups excluding carboxylic acids is 2. The predicted molar refractivity (Wildman–Crippen MR) is 60.3 cm³/mol. The molecule has 0 bridgehead atoms. The van der Waals surface area contributed by atoms with Crippen molar-refractivity contribution in [2.75, 3.05) is 19.0 Å². The summed E-state index contributed by atoms with van der Waals surface area (Å²) in [6.45, 7) is 2.16. The molecule has 0 fully saturated rings. The van der Waals surface area contributed by atoms with Gasteiger partial charge in [-0.1, -0.05) is 12.1 Å². The number of rotatable bonds is 3. The molecular formula is C11H14N2O3. The highest BCUT2D eigenvalue weighted by Gasteiger charge is 2.13. The van der Waals surface area contributed by atoms with Crippen molar-refractivity contribution in [3.8, 4) is 5.75 Å². The fourth-order valence-corrected chi connectivity index (χ4v) is 1.17. The largest absolute Gasteiger partial charge is 0.495 e. The number of hydrogen-bond acceptors (Lipinski definition) is 3. The number of para-hydroxylation sites is 2. The van der Waals surface area contributed by atoms with Gasteiger partial charge in [-0.25, -0.2) is 0 Å². The van der Waals surface area contributed by atoms with E-state index in [2.05, 4.69) is 10.6 Å². The molecular weight excluding hydrogens is 208 g/mol. The Morgan fingerprint density at radius 2 is 1.94 bits per heavy atom. The van der Waals surface area contributed by atoms with E-state index in [1.807, 2.05) is 0 Å². The van der Waals surface area contributed by atoms with Crippen LogP contribution in [0.25, 0.3) is 0 Å². The summed E-state index contributed by atoms with van der Waals surface area (Å²) in [7, 11) is 1.50. The van der Waals surface area contributed by atoms with Crippen LogP contribution in [0.1, 0.15) is 6.92 Å². The zero-order valence-electron chi connectivity index (χ0n) is 9.24. The van der Waals surface area contributed by atoms with Gasteiger partial charge >= 0.3 is 11.8 Å². The lowest BCUT2D eigenvalue weighted by molar-refractivity contribution is -0.136. The van der Waals surface area contributed by atoms with Crippen molar-refractivity contribution in [2.24, 2.45) is 0 Å². The Morgan fingerprint density at radius 1 is 1.25 bits per heavy atom. The average molecular weight is 222 g/mol. The fraction of sp³-hybridized carbons (Fsp3) is 0.273. The minimum absolute atomic E-state index is 0.415. The number of amides is 2. The van der Waals surface area contributed by atoms with Crippen molar-refractivity contribution in [3.05, 3.63) is 24.3 Å². The van der Waals surface area contributed by atoms with E-state index < -0.39 is 11.8 Å². The molecule has 2 amide bonds. The highest BCUT2D eigenvalue weighted by atomic mass is 16.5. The van der Waals surface area contributed by atoms with Crippen molar-refractivity contribution in [1.82, 2.24) is 5.32 Å². The molecule has 2 N–H and O–H groups in total. The minimum atomic E-state index is -0.702. The number of carbonyl (C=O) groups is 2. The monoisotopic (exact) mass is 222 g/mol. The molecule has 0 aliphatic heterocycles. The summed E-state index contributed by atoms with van der Waals surface area (Å²) in [5.41, 5.74) is 0.473. The summed E-state index contributed by atoms with van der Waals surface area (Å²) in [5.74, 6) is -0.847. The summed E-state index contributed by atoms with van der Waals surface area (Å²) in [4.78, 5) is 22.6. The topological polar surface area (TPSA) is 67.4 Å². The van der Waals surface area contributed by atoms with Crippen LogP contribution >= 0.6 is 0 Å². The van der Waals surface area contributed by atoms with Crippen molar-refractivity contribution >= 4 is 17.5 Å². The van der Waals surface area contributed by atoms with Gasteiger partial charge in [-0.05, 0) is 19.1 Å². The van der Waals surface area contributed by atoms with Crippen LogP contribution in [0.2, 0.25) is 0 Å². The van der Waals surface area contributed by atoms with Gasteiger partial charge in [-0.3, -0.25) is 9.59 Å². The van der Waals surface area contributed by atoms with Gasteiger partial charge in [0.25, 0.3) is 0 Å². The van der Waals surface area contributed by atoms with Gasteiger partial charge in [0.1, 0.15) is 5.75 Å². The first kappa shape index (κ1) is 12.0. The van der Waals surface area contributed by atoms with E-state index in [0.717, 1.165) is 0 Å². The summed E-state index contributed by atoms with van der Waals surface area (Å²) < 4.78 is 5.04. The third kappa shape index (κ3) is 2.98. The Labute approximate surface area is 93.8 Å². The van der Waals surface area contributed by atoms with Gasteiger partial charge in [-0.2, -0.15) is 0 Å². The van der Waals surface area contributed by atoms with Gasteiger partial charge in [0.15, 0.2) is 0 Å². The Hall–Kier alpha value is -2.04. The lowest BCUT2D eigenvalue weighted by Gasteiger charge is -2.09. The van der Waals surface area contributed by atoms with Crippen LogP contribution in [0.3, 0.4) is 0 Å². The van der Waals surface area contributed by atoms with Crippen LogP contribution in [0.5, 0.6) is 5.75 Å². The van der Waals surface area contributed by atoms with Crippen LogP contribution in [-0.2, 0) is 9.59 Å².